The van der Waals surface area contributed by atoms with E-state index in [1.54, 1.807) is 12.4 Å². The summed E-state index contributed by atoms with van der Waals surface area (Å²) >= 11 is 0. The number of unbranched alkanes of at least 4 members (excludes halogenated alkanes) is 4. The molecule has 0 unspecified atom stereocenters. The fourth-order valence-electron chi connectivity index (χ4n) is 4.42. The van der Waals surface area contributed by atoms with Crippen LogP contribution < -0.4 is 0 Å². The maximum atomic E-state index is 13.9. The molecule has 4 rings (SSSR count). The second-order valence-corrected chi connectivity index (χ2v) is 8.75. The molecule has 2 aromatic carbocycles. The summed E-state index contributed by atoms with van der Waals surface area (Å²) in [5.41, 5.74) is 5.30. The minimum Gasteiger partial charge on any atom is -0.288 e. The van der Waals surface area contributed by atoms with Crippen LogP contribution in [0.2, 0.25) is 0 Å². The highest BCUT2D eigenvalue weighted by molar-refractivity contribution is 6.10. The third-order valence-corrected chi connectivity index (χ3v) is 6.26. The molecule has 2 aromatic heterocycles. The number of rotatable bonds is 12. The Hall–Kier alpha value is -3.47. The van der Waals surface area contributed by atoms with Gasteiger partial charge >= 0.3 is 0 Å². The molecule has 0 saturated carbocycles. The zero-order valence-corrected chi connectivity index (χ0v) is 20.3. The maximum absolute atomic E-state index is 13.9. The summed E-state index contributed by atoms with van der Waals surface area (Å²) in [6.45, 7) is 4.39. The number of nitrogens with zero attached hydrogens (tertiary/aromatic N) is 4. The Morgan fingerprint density at radius 3 is 1.44 bits per heavy atom. The molecule has 0 bridgehead atoms. The Morgan fingerprint density at radius 1 is 0.647 bits per heavy atom. The van der Waals surface area contributed by atoms with Crippen molar-refractivity contribution >= 4 is 5.78 Å². The third kappa shape index (κ3) is 5.19. The molecule has 0 spiro atoms. The molecular formula is C29H34N4O. The van der Waals surface area contributed by atoms with Gasteiger partial charge < -0.3 is 0 Å². The van der Waals surface area contributed by atoms with Crippen LogP contribution in [0, 0.1) is 0 Å². The zero-order valence-electron chi connectivity index (χ0n) is 20.3. The van der Waals surface area contributed by atoms with Gasteiger partial charge in [-0.2, -0.15) is 10.2 Å². The van der Waals surface area contributed by atoms with Crippen LogP contribution in [-0.4, -0.2) is 25.3 Å². The van der Waals surface area contributed by atoms with Crippen molar-refractivity contribution in [3.63, 3.8) is 0 Å². The van der Waals surface area contributed by atoms with Gasteiger partial charge in [-0.25, -0.2) is 9.36 Å². The van der Waals surface area contributed by atoms with Crippen LogP contribution in [0.1, 0.15) is 79.7 Å². The van der Waals surface area contributed by atoms with Gasteiger partial charge in [-0.1, -0.05) is 75.9 Å². The summed E-state index contributed by atoms with van der Waals surface area (Å²) in [5, 5.41) is 9.30. The number of benzene rings is 2. The van der Waals surface area contributed by atoms with Crippen LogP contribution in [0.4, 0.5) is 0 Å². The SMILES string of the molecule is CCCCCc1c(C(=O)c2cnn(-c3ccccc3)c2CCCCC)cnn1-c1ccccc1. The highest BCUT2D eigenvalue weighted by Gasteiger charge is 2.24. The van der Waals surface area contributed by atoms with E-state index in [1.807, 2.05) is 70.0 Å². The molecule has 0 atom stereocenters. The molecule has 0 aliphatic heterocycles. The van der Waals surface area contributed by atoms with Crippen LogP contribution in [0.15, 0.2) is 73.1 Å². The second-order valence-electron chi connectivity index (χ2n) is 8.75. The van der Waals surface area contributed by atoms with E-state index in [9.17, 15) is 4.79 Å². The van der Waals surface area contributed by atoms with E-state index in [0.717, 1.165) is 74.1 Å². The number of hydrogen-bond acceptors (Lipinski definition) is 3. The summed E-state index contributed by atoms with van der Waals surface area (Å²) in [7, 11) is 0. The first-order valence-corrected chi connectivity index (χ1v) is 12.5. The van der Waals surface area contributed by atoms with Gasteiger partial charge in [0, 0.05) is 0 Å². The molecule has 0 radical (unpaired) electrons. The summed E-state index contributed by atoms with van der Waals surface area (Å²) in [6.07, 6.45) is 11.7. The van der Waals surface area contributed by atoms with Crippen LogP contribution in [0.25, 0.3) is 11.4 Å². The average Bonchev–Trinajstić information content (AvgIpc) is 3.50. The lowest BCUT2D eigenvalue weighted by atomic mass is 9.99. The highest BCUT2D eigenvalue weighted by Crippen LogP contribution is 2.25. The average molecular weight is 455 g/mol. The van der Waals surface area contributed by atoms with Crippen LogP contribution in [0.5, 0.6) is 0 Å². The first-order chi connectivity index (χ1) is 16.7. The Labute approximate surface area is 202 Å². The number of para-hydroxylation sites is 2. The molecule has 0 amide bonds. The lowest BCUT2D eigenvalue weighted by Gasteiger charge is -2.11. The van der Waals surface area contributed by atoms with Crippen molar-refractivity contribution in [2.75, 3.05) is 0 Å². The fourth-order valence-corrected chi connectivity index (χ4v) is 4.42. The molecule has 176 valence electrons. The number of carbonyl (C=O) groups excluding carboxylic acids is 1. The summed E-state index contributed by atoms with van der Waals surface area (Å²) in [5.74, 6) is 0.0161. The van der Waals surface area contributed by atoms with Crippen molar-refractivity contribution in [1.82, 2.24) is 19.6 Å². The lowest BCUT2D eigenvalue weighted by Crippen LogP contribution is -2.11. The lowest BCUT2D eigenvalue weighted by molar-refractivity contribution is 0.103. The normalized spacial score (nSPS) is 11.1. The largest absolute Gasteiger partial charge is 0.288 e. The van der Waals surface area contributed by atoms with Gasteiger partial charge in [0.1, 0.15) is 0 Å². The predicted octanol–water partition coefficient (Wildman–Crippen LogP) is 6.75. The van der Waals surface area contributed by atoms with E-state index < -0.39 is 0 Å². The quantitative estimate of drug-likeness (QED) is 0.176. The molecule has 0 saturated heterocycles. The van der Waals surface area contributed by atoms with Gasteiger partial charge in [0.2, 0.25) is 0 Å². The Balaban J connectivity index is 1.75. The number of carbonyl (C=O) groups is 1. The first-order valence-electron chi connectivity index (χ1n) is 12.5. The molecule has 0 fully saturated rings. The summed E-state index contributed by atoms with van der Waals surface area (Å²) in [6, 6.07) is 20.2. The van der Waals surface area contributed by atoms with E-state index in [4.69, 9.17) is 0 Å². The second kappa shape index (κ2) is 11.6. The molecule has 2 heterocycles. The zero-order chi connectivity index (χ0) is 23.8. The monoisotopic (exact) mass is 454 g/mol. The Morgan fingerprint density at radius 2 is 1.06 bits per heavy atom. The van der Waals surface area contributed by atoms with Gasteiger partial charge in [-0.05, 0) is 49.9 Å². The van der Waals surface area contributed by atoms with E-state index >= 15 is 0 Å². The van der Waals surface area contributed by atoms with E-state index in [1.165, 1.54) is 0 Å². The molecule has 5 nitrogen and oxygen atoms in total. The molecular weight excluding hydrogens is 420 g/mol. The van der Waals surface area contributed by atoms with Gasteiger partial charge in [0.15, 0.2) is 5.78 Å². The van der Waals surface area contributed by atoms with E-state index in [-0.39, 0.29) is 5.78 Å². The number of hydrogen-bond donors (Lipinski definition) is 0. The maximum Gasteiger partial charge on any atom is 0.199 e. The van der Waals surface area contributed by atoms with Gasteiger partial charge in [-0.3, -0.25) is 4.79 Å². The minimum atomic E-state index is 0.0161. The van der Waals surface area contributed by atoms with E-state index in [2.05, 4.69) is 24.0 Å². The Kier molecular flexibility index (Phi) is 8.08. The molecule has 4 aromatic rings. The smallest absolute Gasteiger partial charge is 0.199 e. The summed E-state index contributed by atoms with van der Waals surface area (Å²) in [4.78, 5) is 13.9. The van der Waals surface area contributed by atoms with Crippen molar-refractivity contribution in [3.8, 4) is 11.4 Å². The van der Waals surface area contributed by atoms with Crippen molar-refractivity contribution in [1.29, 1.82) is 0 Å². The van der Waals surface area contributed by atoms with E-state index in [0.29, 0.717) is 11.1 Å². The van der Waals surface area contributed by atoms with Gasteiger partial charge in [0.05, 0.1) is 46.3 Å². The van der Waals surface area contributed by atoms with Crippen LogP contribution in [-0.2, 0) is 12.8 Å². The standard InChI is InChI=1S/C29H34N4O/c1-3-5-9-19-27-25(21-30-32(27)23-15-11-7-12-16-23)29(34)26-22-31-33(24-17-13-8-14-18-24)28(26)20-10-6-4-2/h7-8,11-18,21-22H,3-6,9-10,19-20H2,1-2H3. The molecule has 0 aliphatic rings. The Bertz CT molecular complexity index is 1100. The topological polar surface area (TPSA) is 52.7 Å². The summed E-state index contributed by atoms with van der Waals surface area (Å²) < 4.78 is 3.86. The first kappa shape index (κ1) is 23.7. The number of ketones is 1. The molecule has 34 heavy (non-hydrogen) atoms. The van der Waals surface area contributed by atoms with Gasteiger partial charge in [-0.15, -0.1) is 0 Å². The van der Waals surface area contributed by atoms with Crippen molar-refractivity contribution in [2.24, 2.45) is 0 Å². The van der Waals surface area contributed by atoms with Crippen molar-refractivity contribution < 1.29 is 4.79 Å². The highest BCUT2D eigenvalue weighted by atomic mass is 16.1. The molecule has 5 heteroatoms. The minimum absolute atomic E-state index is 0.0161. The van der Waals surface area contributed by atoms with Gasteiger partial charge in [0.25, 0.3) is 0 Å². The van der Waals surface area contributed by atoms with Crippen molar-refractivity contribution in [3.05, 3.63) is 95.6 Å². The fraction of sp³-hybridized carbons (Fsp3) is 0.345. The predicted molar refractivity (Wildman–Crippen MR) is 137 cm³/mol. The number of aromatic nitrogens is 4. The van der Waals surface area contributed by atoms with Crippen LogP contribution >= 0.6 is 0 Å². The third-order valence-electron chi connectivity index (χ3n) is 6.26. The molecule has 0 N–H and O–H groups in total. The van der Waals surface area contributed by atoms with Crippen molar-refractivity contribution in [2.45, 2.75) is 65.2 Å². The molecule has 0 aliphatic carbocycles. The van der Waals surface area contributed by atoms with Crippen LogP contribution in [0.3, 0.4) is 0 Å².